The van der Waals surface area contributed by atoms with E-state index >= 15 is 0 Å². The van der Waals surface area contributed by atoms with Crippen molar-refractivity contribution in [3.8, 4) is 0 Å². The zero-order valence-corrected chi connectivity index (χ0v) is 17.4. The molecule has 2 atom stereocenters. The molecule has 150 valence electrons. The number of hydrogen-bond donors (Lipinski definition) is 1. The van der Waals surface area contributed by atoms with Crippen molar-refractivity contribution < 1.29 is 4.74 Å². The van der Waals surface area contributed by atoms with Gasteiger partial charge in [-0.15, -0.1) is 0 Å². The van der Waals surface area contributed by atoms with E-state index in [1.807, 2.05) is 7.05 Å². The van der Waals surface area contributed by atoms with E-state index < -0.39 is 0 Å². The first kappa shape index (κ1) is 20.2. The zero-order chi connectivity index (χ0) is 19.2. The highest BCUT2D eigenvalue weighted by molar-refractivity contribution is 5.79. The Morgan fingerprint density at radius 3 is 2.78 bits per heavy atom. The first-order valence-electron chi connectivity index (χ1n) is 10.4. The summed E-state index contributed by atoms with van der Waals surface area (Å²) in [6, 6.07) is 9.37. The van der Waals surface area contributed by atoms with E-state index in [4.69, 9.17) is 4.74 Å². The summed E-state index contributed by atoms with van der Waals surface area (Å²) >= 11 is 0. The number of benzene rings is 1. The van der Waals surface area contributed by atoms with Crippen molar-refractivity contribution in [3.05, 3.63) is 35.4 Å². The van der Waals surface area contributed by atoms with Crippen molar-refractivity contribution in [1.29, 1.82) is 0 Å². The summed E-state index contributed by atoms with van der Waals surface area (Å²) in [4.78, 5) is 9.40. The van der Waals surface area contributed by atoms with E-state index in [1.54, 1.807) is 0 Å². The van der Waals surface area contributed by atoms with E-state index in [0.717, 1.165) is 58.2 Å². The third-order valence-electron chi connectivity index (χ3n) is 6.00. The van der Waals surface area contributed by atoms with Crippen LogP contribution in [-0.2, 0) is 17.7 Å². The van der Waals surface area contributed by atoms with Crippen molar-refractivity contribution in [2.24, 2.45) is 16.8 Å². The second kappa shape index (κ2) is 9.56. The molecule has 1 aromatic carbocycles. The molecule has 5 nitrogen and oxygen atoms in total. The molecule has 0 spiro atoms. The average molecular weight is 373 g/mol. The smallest absolute Gasteiger partial charge is 0.193 e. The lowest BCUT2D eigenvalue weighted by molar-refractivity contribution is 0.139. The van der Waals surface area contributed by atoms with E-state index in [0.29, 0.717) is 17.9 Å². The van der Waals surface area contributed by atoms with Crippen molar-refractivity contribution >= 4 is 5.96 Å². The van der Waals surface area contributed by atoms with Gasteiger partial charge in [-0.25, -0.2) is 0 Å². The van der Waals surface area contributed by atoms with Crippen LogP contribution in [0.1, 0.15) is 31.4 Å². The minimum atomic E-state index is 0.498. The molecule has 1 fully saturated rings. The molecule has 0 aliphatic carbocycles. The Bertz CT molecular complexity index is 624. The number of fused-ring (bicyclic) bond motifs is 1. The van der Waals surface area contributed by atoms with Crippen molar-refractivity contribution in [3.63, 3.8) is 0 Å². The summed E-state index contributed by atoms with van der Waals surface area (Å²) in [7, 11) is 4.01. The molecule has 2 aliphatic rings. The van der Waals surface area contributed by atoms with Gasteiger partial charge < -0.3 is 15.0 Å². The van der Waals surface area contributed by atoms with Crippen LogP contribution in [0.3, 0.4) is 0 Å². The Morgan fingerprint density at radius 2 is 2.11 bits per heavy atom. The van der Waals surface area contributed by atoms with Gasteiger partial charge >= 0.3 is 0 Å². The van der Waals surface area contributed by atoms with Crippen LogP contribution < -0.4 is 5.32 Å². The second-order valence-corrected chi connectivity index (χ2v) is 8.34. The average Bonchev–Trinajstić information content (AvgIpc) is 3.17. The predicted molar refractivity (Wildman–Crippen MR) is 112 cm³/mol. The van der Waals surface area contributed by atoms with Gasteiger partial charge in [-0.3, -0.25) is 9.89 Å². The Balaban J connectivity index is 1.57. The summed E-state index contributed by atoms with van der Waals surface area (Å²) in [5.74, 6) is 2.20. The third-order valence-corrected chi connectivity index (χ3v) is 6.00. The quantitative estimate of drug-likeness (QED) is 0.616. The molecule has 2 unspecified atom stereocenters. The van der Waals surface area contributed by atoms with E-state index in [9.17, 15) is 0 Å². The molecule has 0 amide bonds. The summed E-state index contributed by atoms with van der Waals surface area (Å²) in [6.07, 6.45) is 2.30. The molecular weight excluding hydrogens is 336 g/mol. The fourth-order valence-electron chi connectivity index (χ4n) is 4.37. The first-order chi connectivity index (χ1) is 13.1. The first-order valence-corrected chi connectivity index (χ1v) is 10.4. The highest BCUT2D eigenvalue weighted by Gasteiger charge is 2.26. The number of hydrogen-bond acceptors (Lipinski definition) is 3. The lowest BCUT2D eigenvalue weighted by Crippen LogP contribution is -2.51. The fourth-order valence-corrected chi connectivity index (χ4v) is 4.37. The topological polar surface area (TPSA) is 40.1 Å². The van der Waals surface area contributed by atoms with Crippen LogP contribution >= 0.6 is 0 Å². The molecule has 27 heavy (non-hydrogen) atoms. The molecule has 2 heterocycles. The largest absolute Gasteiger partial charge is 0.381 e. The Labute approximate surface area is 164 Å². The van der Waals surface area contributed by atoms with Gasteiger partial charge in [0.15, 0.2) is 5.96 Å². The van der Waals surface area contributed by atoms with Crippen molar-refractivity contribution in [2.75, 3.05) is 46.9 Å². The molecule has 1 saturated heterocycles. The van der Waals surface area contributed by atoms with Crippen LogP contribution in [0.4, 0.5) is 0 Å². The maximum absolute atomic E-state index is 5.52. The Morgan fingerprint density at radius 1 is 1.33 bits per heavy atom. The third kappa shape index (κ3) is 5.23. The predicted octanol–water partition coefficient (Wildman–Crippen LogP) is 2.61. The van der Waals surface area contributed by atoms with Crippen molar-refractivity contribution in [2.45, 2.75) is 39.3 Å². The highest BCUT2D eigenvalue weighted by atomic mass is 16.5. The molecule has 0 aromatic heterocycles. The van der Waals surface area contributed by atoms with Gasteiger partial charge in [-0.2, -0.15) is 0 Å². The summed E-state index contributed by atoms with van der Waals surface area (Å²) in [6.45, 7) is 10.6. The zero-order valence-electron chi connectivity index (χ0n) is 17.4. The van der Waals surface area contributed by atoms with Crippen molar-refractivity contribution in [1.82, 2.24) is 15.1 Å². The van der Waals surface area contributed by atoms with Gasteiger partial charge in [-0.05, 0) is 29.9 Å². The lowest BCUT2D eigenvalue weighted by Gasteiger charge is -2.38. The van der Waals surface area contributed by atoms with Gasteiger partial charge in [0.05, 0.1) is 6.61 Å². The SMILES string of the molecule is CN=C(NCC(C(C)C)N1CCc2ccccc2C1)N(C)CC1CCOC1. The molecule has 5 heteroatoms. The maximum Gasteiger partial charge on any atom is 0.193 e. The molecule has 1 aromatic rings. The number of aliphatic imine (C=N–C) groups is 1. The van der Waals surface area contributed by atoms with Crippen LogP contribution in [0.25, 0.3) is 0 Å². The number of nitrogens with one attached hydrogen (secondary N) is 1. The van der Waals surface area contributed by atoms with E-state index in [2.05, 4.69) is 65.3 Å². The van der Waals surface area contributed by atoms with E-state index in [1.165, 1.54) is 11.1 Å². The van der Waals surface area contributed by atoms with E-state index in [-0.39, 0.29) is 0 Å². The Kier molecular flexibility index (Phi) is 7.13. The maximum atomic E-state index is 5.52. The van der Waals surface area contributed by atoms with Crippen LogP contribution in [-0.4, -0.2) is 68.7 Å². The molecular formula is C22H36N4O. The minimum Gasteiger partial charge on any atom is -0.381 e. The monoisotopic (exact) mass is 372 g/mol. The number of rotatable bonds is 6. The standard InChI is InChI=1S/C22H36N4O/c1-17(2)21(26-11-9-19-7-5-6-8-20(19)15-26)13-24-22(23-3)25(4)14-18-10-12-27-16-18/h5-8,17-18,21H,9-16H2,1-4H3,(H,23,24). The Hall–Kier alpha value is -1.59. The van der Waals surface area contributed by atoms with Crippen LogP contribution in [0.2, 0.25) is 0 Å². The normalized spacial score (nSPS) is 22.0. The molecule has 0 bridgehead atoms. The van der Waals surface area contributed by atoms with Gasteiger partial charge in [0, 0.05) is 58.8 Å². The fraction of sp³-hybridized carbons (Fsp3) is 0.682. The van der Waals surface area contributed by atoms with Gasteiger partial charge in [-0.1, -0.05) is 38.1 Å². The molecule has 3 rings (SSSR count). The van der Waals surface area contributed by atoms with Gasteiger partial charge in [0.25, 0.3) is 0 Å². The van der Waals surface area contributed by atoms with Crippen LogP contribution in [0.5, 0.6) is 0 Å². The minimum absolute atomic E-state index is 0.498. The van der Waals surface area contributed by atoms with Crippen LogP contribution in [0.15, 0.2) is 29.3 Å². The molecule has 0 radical (unpaired) electrons. The molecule has 0 saturated carbocycles. The molecule has 1 N–H and O–H groups in total. The van der Waals surface area contributed by atoms with Gasteiger partial charge in [0.2, 0.25) is 0 Å². The highest BCUT2D eigenvalue weighted by Crippen LogP contribution is 2.23. The lowest BCUT2D eigenvalue weighted by atomic mass is 9.95. The second-order valence-electron chi connectivity index (χ2n) is 8.34. The number of ether oxygens (including phenoxy) is 1. The number of nitrogens with zero attached hydrogens (tertiary/aromatic N) is 3. The summed E-state index contributed by atoms with van der Waals surface area (Å²) in [5, 5.41) is 3.64. The van der Waals surface area contributed by atoms with Gasteiger partial charge in [0.1, 0.15) is 0 Å². The molecule has 2 aliphatic heterocycles. The summed E-state index contributed by atoms with van der Waals surface area (Å²) in [5.41, 5.74) is 3.00. The van der Waals surface area contributed by atoms with Crippen LogP contribution in [0, 0.1) is 11.8 Å². The summed E-state index contributed by atoms with van der Waals surface area (Å²) < 4.78 is 5.52. The number of guanidine groups is 1.